The number of nitro benzene ring substituents is 1. The van der Waals surface area contributed by atoms with Crippen molar-refractivity contribution in [3.8, 4) is 0 Å². The minimum Gasteiger partial charge on any atom is -0.465 e. The van der Waals surface area contributed by atoms with E-state index < -0.39 is 22.3 Å². The van der Waals surface area contributed by atoms with Gasteiger partial charge in [0.1, 0.15) is 0 Å². The first-order valence-corrected chi connectivity index (χ1v) is 6.67. The summed E-state index contributed by atoms with van der Waals surface area (Å²) in [5.41, 5.74) is -1.80. The monoisotopic (exact) mass is 307 g/mol. The van der Waals surface area contributed by atoms with E-state index in [0.29, 0.717) is 0 Å². The topological polar surface area (TPSA) is 95.7 Å². The first-order chi connectivity index (χ1) is 10.4. The van der Waals surface area contributed by atoms with E-state index in [0.717, 1.165) is 6.08 Å². The van der Waals surface area contributed by atoms with Crippen LogP contribution in [0.3, 0.4) is 0 Å². The lowest BCUT2D eigenvalue weighted by molar-refractivity contribution is -0.384. The molecule has 1 rings (SSSR count). The first-order valence-electron chi connectivity index (χ1n) is 6.67. The molecule has 118 valence electrons. The zero-order valence-corrected chi connectivity index (χ0v) is 12.4. The Kier molecular flexibility index (Phi) is 5.80. The molecule has 0 aliphatic heterocycles. The molecule has 0 spiro atoms. The third-order valence-electron chi connectivity index (χ3n) is 3.03. The minimum absolute atomic E-state index is 0.0702. The van der Waals surface area contributed by atoms with E-state index in [9.17, 15) is 19.7 Å². The molecule has 0 saturated heterocycles. The van der Waals surface area contributed by atoms with Crippen molar-refractivity contribution in [2.75, 3.05) is 13.2 Å². The lowest BCUT2D eigenvalue weighted by atomic mass is 9.80. The second-order valence-corrected chi connectivity index (χ2v) is 4.26. The lowest BCUT2D eigenvalue weighted by Crippen LogP contribution is -2.44. The Balaban J connectivity index is 3.41. The van der Waals surface area contributed by atoms with Crippen LogP contribution < -0.4 is 0 Å². The van der Waals surface area contributed by atoms with E-state index >= 15 is 0 Å². The summed E-state index contributed by atoms with van der Waals surface area (Å²) in [6.07, 6.45) is 1.13. The van der Waals surface area contributed by atoms with Gasteiger partial charge >= 0.3 is 11.9 Å². The van der Waals surface area contributed by atoms with Gasteiger partial charge in [0.25, 0.3) is 5.69 Å². The van der Waals surface area contributed by atoms with Crippen LogP contribution in [0.5, 0.6) is 0 Å². The van der Waals surface area contributed by atoms with Gasteiger partial charge < -0.3 is 9.47 Å². The average molecular weight is 307 g/mol. The van der Waals surface area contributed by atoms with Gasteiger partial charge in [-0.1, -0.05) is 18.2 Å². The third-order valence-corrected chi connectivity index (χ3v) is 3.03. The van der Waals surface area contributed by atoms with E-state index in [1.165, 1.54) is 24.3 Å². The predicted octanol–water partition coefficient (Wildman–Crippen LogP) is 2.14. The van der Waals surface area contributed by atoms with Crippen LogP contribution in [-0.2, 0) is 24.5 Å². The number of nitro groups is 1. The number of hydrogen-bond donors (Lipinski definition) is 0. The molecule has 0 aliphatic carbocycles. The number of carbonyl (C=O) groups is 2. The predicted molar refractivity (Wildman–Crippen MR) is 78.2 cm³/mol. The quantitative estimate of drug-likeness (QED) is 0.252. The van der Waals surface area contributed by atoms with E-state index in [4.69, 9.17) is 9.47 Å². The van der Waals surface area contributed by atoms with Crippen LogP contribution in [-0.4, -0.2) is 30.1 Å². The highest BCUT2D eigenvalue weighted by atomic mass is 16.6. The van der Waals surface area contributed by atoms with Crippen LogP contribution >= 0.6 is 0 Å². The van der Waals surface area contributed by atoms with Crippen molar-refractivity contribution in [1.82, 2.24) is 0 Å². The second kappa shape index (κ2) is 7.35. The second-order valence-electron chi connectivity index (χ2n) is 4.26. The van der Waals surface area contributed by atoms with Crippen LogP contribution in [0.2, 0.25) is 0 Å². The summed E-state index contributed by atoms with van der Waals surface area (Å²) in [6.45, 7) is 6.89. The molecule has 0 aromatic heterocycles. The number of benzene rings is 1. The molecule has 22 heavy (non-hydrogen) atoms. The Hall–Kier alpha value is -2.70. The van der Waals surface area contributed by atoms with Crippen molar-refractivity contribution in [2.24, 2.45) is 0 Å². The molecule has 0 bridgehead atoms. The van der Waals surface area contributed by atoms with Crippen LogP contribution in [0.15, 0.2) is 36.9 Å². The van der Waals surface area contributed by atoms with Crippen molar-refractivity contribution in [2.45, 2.75) is 19.3 Å². The molecule has 0 aliphatic rings. The molecule has 7 nitrogen and oxygen atoms in total. The Morgan fingerprint density at radius 2 is 1.64 bits per heavy atom. The van der Waals surface area contributed by atoms with E-state index in [1.54, 1.807) is 13.8 Å². The van der Waals surface area contributed by atoms with Gasteiger partial charge in [0.05, 0.1) is 18.1 Å². The zero-order chi connectivity index (χ0) is 16.8. The van der Waals surface area contributed by atoms with Crippen LogP contribution in [0.4, 0.5) is 5.69 Å². The van der Waals surface area contributed by atoms with Crippen molar-refractivity contribution < 1.29 is 24.0 Å². The average Bonchev–Trinajstić information content (AvgIpc) is 2.49. The summed E-state index contributed by atoms with van der Waals surface area (Å²) in [6, 6.07) is 5.03. The standard InChI is InChI=1S/C15H17NO6/c1-4-15(13(17)21-5-2,14(18)22-6-3)11-7-9-12(10-8-11)16(19)20/h4,7-10H,1,5-6H2,2-3H3. The van der Waals surface area contributed by atoms with Gasteiger partial charge in [-0.15, -0.1) is 6.58 Å². The summed E-state index contributed by atoms with van der Waals surface area (Å²) in [5, 5.41) is 10.7. The molecule has 0 saturated carbocycles. The molecule has 0 N–H and O–H groups in total. The molecule has 1 aromatic carbocycles. The first kappa shape index (κ1) is 17.4. The Bertz CT molecular complexity index is 560. The number of carbonyl (C=O) groups excluding carboxylic acids is 2. The highest BCUT2D eigenvalue weighted by Crippen LogP contribution is 2.30. The fourth-order valence-corrected chi connectivity index (χ4v) is 1.94. The molecule has 0 radical (unpaired) electrons. The number of ether oxygens (including phenoxy) is 2. The summed E-state index contributed by atoms with van der Waals surface area (Å²) < 4.78 is 9.91. The number of rotatable bonds is 7. The van der Waals surface area contributed by atoms with E-state index in [-0.39, 0.29) is 24.5 Å². The minimum atomic E-state index is -1.85. The number of nitrogens with zero attached hydrogens (tertiary/aromatic N) is 1. The van der Waals surface area contributed by atoms with Crippen LogP contribution in [0.25, 0.3) is 0 Å². The van der Waals surface area contributed by atoms with Crippen molar-refractivity contribution in [1.29, 1.82) is 0 Å². The Morgan fingerprint density at radius 3 is 1.95 bits per heavy atom. The van der Waals surface area contributed by atoms with Gasteiger partial charge in [-0.2, -0.15) is 0 Å². The summed E-state index contributed by atoms with van der Waals surface area (Å²) in [4.78, 5) is 34.7. The fourth-order valence-electron chi connectivity index (χ4n) is 1.94. The van der Waals surface area contributed by atoms with Crippen molar-refractivity contribution >= 4 is 17.6 Å². The van der Waals surface area contributed by atoms with Crippen molar-refractivity contribution in [3.63, 3.8) is 0 Å². The smallest absolute Gasteiger partial charge is 0.332 e. The highest BCUT2D eigenvalue weighted by Gasteiger charge is 2.48. The van der Waals surface area contributed by atoms with Gasteiger partial charge in [0.15, 0.2) is 0 Å². The largest absolute Gasteiger partial charge is 0.465 e. The lowest BCUT2D eigenvalue weighted by Gasteiger charge is -2.26. The highest BCUT2D eigenvalue weighted by molar-refractivity contribution is 6.08. The molecular weight excluding hydrogens is 290 g/mol. The number of hydrogen-bond acceptors (Lipinski definition) is 6. The summed E-state index contributed by atoms with van der Waals surface area (Å²) in [5.74, 6) is -1.67. The Labute approximate surface area is 127 Å². The van der Waals surface area contributed by atoms with Gasteiger partial charge in [-0.25, -0.2) is 0 Å². The molecule has 0 atom stereocenters. The molecule has 0 heterocycles. The zero-order valence-electron chi connectivity index (χ0n) is 12.4. The molecule has 0 unspecified atom stereocenters. The van der Waals surface area contributed by atoms with Gasteiger partial charge in [0.2, 0.25) is 5.41 Å². The molecule has 1 aromatic rings. The van der Waals surface area contributed by atoms with E-state index in [2.05, 4.69) is 6.58 Å². The summed E-state index contributed by atoms with van der Waals surface area (Å²) >= 11 is 0. The van der Waals surface area contributed by atoms with Gasteiger partial charge in [-0.3, -0.25) is 19.7 Å². The molecule has 7 heteroatoms. The van der Waals surface area contributed by atoms with E-state index in [1.807, 2.05) is 0 Å². The van der Waals surface area contributed by atoms with Crippen molar-refractivity contribution in [3.05, 3.63) is 52.6 Å². The SMILES string of the molecule is C=CC(C(=O)OCC)(C(=O)OCC)c1ccc([N+](=O)[O-])cc1. The van der Waals surface area contributed by atoms with Gasteiger partial charge in [-0.05, 0) is 19.4 Å². The van der Waals surface area contributed by atoms with Crippen LogP contribution in [0.1, 0.15) is 19.4 Å². The molecule has 0 fully saturated rings. The van der Waals surface area contributed by atoms with Crippen LogP contribution in [0, 0.1) is 10.1 Å². The third kappa shape index (κ3) is 3.13. The maximum Gasteiger partial charge on any atom is 0.332 e. The number of non-ortho nitro benzene ring substituents is 1. The molecular formula is C15H17NO6. The molecule has 0 amide bonds. The Morgan fingerprint density at radius 1 is 1.18 bits per heavy atom. The normalized spacial score (nSPS) is 10.6. The summed E-state index contributed by atoms with van der Waals surface area (Å²) in [7, 11) is 0. The fraction of sp³-hybridized carbons (Fsp3) is 0.333. The maximum atomic E-state index is 12.3. The number of esters is 2. The van der Waals surface area contributed by atoms with Gasteiger partial charge in [0, 0.05) is 12.1 Å². The maximum absolute atomic E-state index is 12.3.